The molecule has 0 radical (unpaired) electrons. The lowest BCUT2D eigenvalue weighted by Crippen LogP contribution is -2.00. The zero-order valence-electron chi connectivity index (χ0n) is 11.3. The number of esters is 1. The maximum Gasteiger partial charge on any atom is 0.331 e. The van der Waals surface area contributed by atoms with Gasteiger partial charge >= 0.3 is 5.97 Å². The minimum Gasteiger partial charge on any atom is -0.497 e. The first-order chi connectivity index (χ1) is 9.78. The third-order valence-electron chi connectivity index (χ3n) is 2.75. The molecule has 0 saturated carbocycles. The van der Waals surface area contributed by atoms with E-state index >= 15 is 0 Å². The number of hydrogen-bond donors (Lipinski definition) is 0. The van der Waals surface area contributed by atoms with E-state index in [9.17, 15) is 4.79 Å². The van der Waals surface area contributed by atoms with Crippen LogP contribution in [-0.2, 0) is 16.1 Å². The van der Waals surface area contributed by atoms with Gasteiger partial charge in [-0.15, -0.1) is 0 Å². The Bertz CT molecular complexity index is 571. The van der Waals surface area contributed by atoms with Gasteiger partial charge in [-0.2, -0.15) is 0 Å². The topological polar surface area (TPSA) is 35.5 Å². The van der Waals surface area contributed by atoms with Crippen LogP contribution >= 0.6 is 0 Å². The Morgan fingerprint density at radius 2 is 1.75 bits per heavy atom. The van der Waals surface area contributed by atoms with Crippen LogP contribution in [0.4, 0.5) is 0 Å². The number of carbonyl (C=O) groups excluding carboxylic acids is 1. The van der Waals surface area contributed by atoms with Gasteiger partial charge in [0.1, 0.15) is 12.4 Å². The van der Waals surface area contributed by atoms with Gasteiger partial charge in [0.15, 0.2) is 0 Å². The minimum absolute atomic E-state index is 0.284. The molecule has 3 nitrogen and oxygen atoms in total. The lowest BCUT2D eigenvalue weighted by molar-refractivity contribution is -0.138. The van der Waals surface area contributed by atoms with Gasteiger partial charge in [-0.3, -0.25) is 0 Å². The Labute approximate surface area is 118 Å². The number of rotatable bonds is 5. The second-order valence-electron chi connectivity index (χ2n) is 4.20. The SMILES string of the molecule is COc1ccc(/C=C\C(=O)OCc2ccccc2)cc1. The molecule has 0 aromatic heterocycles. The van der Waals surface area contributed by atoms with Crippen molar-refractivity contribution >= 4 is 12.0 Å². The maximum atomic E-state index is 11.6. The summed E-state index contributed by atoms with van der Waals surface area (Å²) in [5.41, 5.74) is 1.89. The molecular weight excluding hydrogens is 252 g/mol. The van der Waals surface area contributed by atoms with E-state index in [4.69, 9.17) is 9.47 Å². The molecule has 0 heterocycles. The van der Waals surface area contributed by atoms with Gasteiger partial charge in [-0.05, 0) is 29.3 Å². The molecule has 0 bridgehead atoms. The third kappa shape index (κ3) is 4.28. The zero-order valence-corrected chi connectivity index (χ0v) is 11.3. The first-order valence-electron chi connectivity index (χ1n) is 6.31. The van der Waals surface area contributed by atoms with Crippen LogP contribution in [0.2, 0.25) is 0 Å². The molecule has 2 aromatic carbocycles. The number of ether oxygens (including phenoxy) is 2. The summed E-state index contributed by atoms with van der Waals surface area (Å²) >= 11 is 0. The maximum absolute atomic E-state index is 11.6. The monoisotopic (exact) mass is 268 g/mol. The molecule has 0 amide bonds. The molecule has 0 aliphatic rings. The average Bonchev–Trinajstić information content (AvgIpc) is 2.52. The summed E-state index contributed by atoms with van der Waals surface area (Å²) in [6, 6.07) is 17.0. The largest absolute Gasteiger partial charge is 0.497 e. The van der Waals surface area contributed by atoms with Crippen molar-refractivity contribution < 1.29 is 14.3 Å². The Balaban J connectivity index is 1.85. The van der Waals surface area contributed by atoms with Crippen molar-refractivity contribution in [1.82, 2.24) is 0 Å². The molecule has 0 fully saturated rings. The van der Waals surface area contributed by atoms with E-state index in [0.717, 1.165) is 16.9 Å². The van der Waals surface area contributed by atoms with Crippen LogP contribution in [0.15, 0.2) is 60.7 Å². The first-order valence-corrected chi connectivity index (χ1v) is 6.31. The van der Waals surface area contributed by atoms with E-state index in [1.165, 1.54) is 6.08 Å². The Morgan fingerprint density at radius 1 is 1.05 bits per heavy atom. The van der Waals surface area contributed by atoms with Crippen LogP contribution in [0.5, 0.6) is 5.75 Å². The van der Waals surface area contributed by atoms with Crippen LogP contribution < -0.4 is 4.74 Å². The smallest absolute Gasteiger partial charge is 0.331 e. The fraction of sp³-hybridized carbons (Fsp3) is 0.118. The van der Waals surface area contributed by atoms with Crippen molar-refractivity contribution in [3.8, 4) is 5.75 Å². The number of benzene rings is 2. The number of methoxy groups -OCH3 is 1. The van der Waals surface area contributed by atoms with E-state index in [1.807, 2.05) is 54.6 Å². The Morgan fingerprint density at radius 3 is 2.40 bits per heavy atom. The molecule has 20 heavy (non-hydrogen) atoms. The summed E-state index contributed by atoms with van der Waals surface area (Å²) in [5.74, 6) is 0.429. The molecule has 0 aliphatic carbocycles. The molecule has 0 spiro atoms. The number of carbonyl (C=O) groups is 1. The van der Waals surface area contributed by atoms with Crippen molar-refractivity contribution in [3.05, 3.63) is 71.8 Å². The highest BCUT2D eigenvalue weighted by atomic mass is 16.5. The second kappa shape index (κ2) is 7.14. The fourth-order valence-electron chi connectivity index (χ4n) is 1.66. The van der Waals surface area contributed by atoms with E-state index < -0.39 is 0 Å². The Hall–Kier alpha value is -2.55. The van der Waals surface area contributed by atoms with Gasteiger partial charge in [0.25, 0.3) is 0 Å². The van der Waals surface area contributed by atoms with E-state index in [0.29, 0.717) is 0 Å². The summed E-state index contributed by atoms with van der Waals surface area (Å²) < 4.78 is 10.2. The van der Waals surface area contributed by atoms with Crippen molar-refractivity contribution in [1.29, 1.82) is 0 Å². The molecule has 2 aromatic rings. The van der Waals surface area contributed by atoms with Crippen LogP contribution in [0.25, 0.3) is 6.08 Å². The lowest BCUT2D eigenvalue weighted by Gasteiger charge is -2.02. The second-order valence-corrected chi connectivity index (χ2v) is 4.20. The lowest BCUT2D eigenvalue weighted by atomic mass is 10.2. The third-order valence-corrected chi connectivity index (χ3v) is 2.75. The molecule has 102 valence electrons. The van der Waals surface area contributed by atoms with Gasteiger partial charge in [0.05, 0.1) is 7.11 Å². The molecule has 0 unspecified atom stereocenters. The summed E-state index contributed by atoms with van der Waals surface area (Å²) in [4.78, 5) is 11.6. The van der Waals surface area contributed by atoms with Gasteiger partial charge in [-0.1, -0.05) is 42.5 Å². The highest BCUT2D eigenvalue weighted by Crippen LogP contribution is 2.12. The average molecular weight is 268 g/mol. The first kappa shape index (κ1) is 13.9. The molecule has 0 N–H and O–H groups in total. The van der Waals surface area contributed by atoms with Crippen molar-refractivity contribution in [2.75, 3.05) is 7.11 Å². The predicted molar refractivity (Wildman–Crippen MR) is 78.3 cm³/mol. The molecule has 0 saturated heterocycles. The van der Waals surface area contributed by atoms with Crippen LogP contribution in [-0.4, -0.2) is 13.1 Å². The van der Waals surface area contributed by atoms with Crippen molar-refractivity contribution in [2.24, 2.45) is 0 Å². The van der Waals surface area contributed by atoms with Crippen LogP contribution in [0.3, 0.4) is 0 Å². The van der Waals surface area contributed by atoms with Gasteiger partial charge in [0.2, 0.25) is 0 Å². The van der Waals surface area contributed by atoms with Gasteiger partial charge in [-0.25, -0.2) is 4.79 Å². The summed E-state index contributed by atoms with van der Waals surface area (Å²) in [7, 11) is 1.62. The zero-order chi connectivity index (χ0) is 14.2. The standard InChI is InChI=1S/C17H16O3/c1-19-16-10-7-14(8-11-16)9-12-17(18)20-13-15-5-3-2-4-6-15/h2-12H,13H2,1H3/b12-9-. The fourth-order valence-corrected chi connectivity index (χ4v) is 1.66. The van der Waals surface area contributed by atoms with E-state index in [1.54, 1.807) is 13.2 Å². The van der Waals surface area contributed by atoms with Crippen LogP contribution in [0, 0.1) is 0 Å². The highest BCUT2D eigenvalue weighted by Gasteiger charge is 1.98. The number of hydrogen-bond acceptors (Lipinski definition) is 3. The minimum atomic E-state index is -0.357. The van der Waals surface area contributed by atoms with Crippen LogP contribution in [0.1, 0.15) is 11.1 Å². The molecular formula is C17H16O3. The molecule has 0 atom stereocenters. The van der Waals surface area contributed by atoms with Gasteiger partial charge in [0, 0.05) is 6.08 Å². The van der Waals surface area contributed by atoms with E-state index in [-0.39, 0.29) is 12.6 Å². The molecule has 3 heteroatoms. The van der Waals surface area contributed by atoms with E-state index in [2.05, 4.69) is 0 Å². The van der Waals surface area contributed by atoms with Gasteiger partial charge < -0.3 is 9.47 Å². The Kier molecular flexibility index (Phi) is 4.95. The molecule has 2 rings (SSSR count). The summed E-state index contributed by atoms with van der Waals surface area (Å²) in [6.07, 6.45) is 3.14. The predicted octanol–water partition coefficient (Wildman–Crippen LogP) is 3.45. The normalized spacial score (nSPS) is 10.4. The van der Waals surface area contributed by atoms with Crippen molar-refractivity contribution in [3.63, 3.8) is 0 Å². The molecule has 0 aliphatic heterocycles. The summed E-state index contributed by atoms with van der Waals surface area (Å²) in [6.45, 7) is 0.284. The quantitative estimate of drug-likeness (QED) is 0.615. The summed E-state index contributed by atoms with van der Waals surface area (Å²) in [5, 5.41) is 0. The highest BCUT2D eigenvalue weighted by molar-refractivity contribution is 5.87. The van der Waals surface area contributed by atoms with Crippen molar-refractivity contribution in [2.45, 2.75) is 6.61 Å².